The molecule has 0 radical (unpaired) electrons. The molecule has 2 aliphatic carbocycles. The fraction of sp³-hybridized carbons (Fsp3) is 0.909. The van der Waals surface area contributed by atoms with Gasteiger partial charge in [-0.1, -0.05) is 0 Å². The molecule has 0 heterocycles. The average molecular weight is 212 g/mol. The summed E-state index contributed by atoms with van der Waals surface area (Å²) in [6.45, 7) is 2.87. The second kappa shape index (κ2) is 4.10. The molecule has 2 rings (SSSR count). The van der Waals surface area contributed by atoms with Gasteiger partial charge >= 0.3 is 0 Å². The maximum Gasteiger partial charge on any atom is 0.237 e. The minimum absolute atomic E-state index is 0.0775. The third-order valence-corrected chi connectivity index (χ3v) is 3.39. The summed E-state index contributed by atoms with van der Waals surface area (Å²) in [4.78, 5) is 11.6. The number of hydrogen-bond donors (Lipinski definition) is 3. The zero-order valence-corrected chi connectivity index (χ0v) is 9.25. The largest absolute Gasteiger partial charge is 0.396 e. The number of nitrogens with one attached hydrogen (secondary N) is 2. The molecule has 15 heavy (non-hydrogen) atoms. The van der Waals surface area contributed by atoms with E-state index in [-0.39, 0.29) is 24.0 Å². The van der Waals surface area contributed by atoms with Crippen molar-refractivity contribution in [3.05, 3.63) is 0 Å². The summed E-state index contributed by atoms with van der Waals surface area (Å²) in [5, 5.41) is 15.3. The first-order valence-electron chi connectivity index (χ1n) is 5.80. The molecule has 4 heteroatoms. The molecule has 1 atom stereocenters. The van der Waals surface area contributed by atoms with Crippen LogP contribution in [0, 0.1) is 5.41 Å². The molecule has 86 valence electrons. The van der Waals surface area contributed by atoms with Crippen LogP contribution in [0.1, 0.15) is 32.6 Å². The molecule has 0 aromatic rings. The average Bonchev–Trinajstić information content (AvgIpc) is 3.10. The van der Waals surface area contributed by atoms with Gasteiger partial charge in [0.15, 0.2) is 0 Å². The van der Waals surface area contributed by atoms with E-state index < -0.39 is 0 Å². The first-order chi connectivity index (χ1) is 7.15. The van der Waals surface area contributed by atoms with Crippen molar-refractivity contribution in [1.82, 2.24) is 10.6 Å². The summed E-state index contributed by atoms with van der Waals surface area (Å²) in [6, 6.07) is 0.282. The normalized spacial score (nSPS) is 24.7. The van der Waals surface area contributed by atoms with Crippen molar-refractivity contribution in [2.75, 3.05) is 13.2 Å². The highest BCUT2D eigenvalue weighted by atomic mass is 16.3. The lowest BCUT2D eigenvalue weighted by Gasteiger charge is -2.17. The van der Waals surface area contributed by atoms with Crippen LogP contribution in [0.4, 0.5) is 0 Å². The van der Waals surface area contributed by atoms with E-state index >= 15 is 0 Å². The number of rotatable bonds is 6. The van der Waals surface area contributed by atoms with Crippen molar-refractivity contribution < 1.29 is 9.90 Å². The minimum Gasteiger partial charge on any atom is -0.396 e. The molecular formula is C11H20N2O2. The van der Waals surface area contributed by atoms with E-state index in [1.165, 1.54) is 0 Å². The van der Waals surface area contributed by atoms with Gasteiger partial charge in [-0.3, -0.25) is 4.79 Å². The SMILES string of the molecule is CC(NCC1(CO)CC1)C(=O)NC1CC1. The van der Waals surface area contributed by atoms with Crippen LogP contribution in [-0.2, 0) is 4.79 Å². The molecule has 0 aromatic carbocycles. The Balaban J connectivity index is 1.66. The highest BCUT2D eigenvalue weighted by Crippen LogP contribution is 2.44. The molecule has 0 aromatic heterocycles. The van der Waals surface area contributed by atoms with Gasteiger partial charge in [-0.05, 0) is 32.6 Å². The quantitative estimate of drug-likeness (QED) is 0.581. The standard InChI is InChI=1S/C11H20N2O2/c1-8(10(15)13-9-2-3-9)12-6-11(7-14)4-5-11/h8-9,12,14H,2-7H2,1H3,(H,13,15). The molecule has 0 saturated heterocycles. The monoisotopic (exact) mass is 212 g/mol. The van der Waals surface area contributed by atoms with E-state index in [1.807, 2.05) is 6.92 Å². The topological polar surface area (TPSA) is 61.4 Å². The van der Waals surface area contributed by atoms with Crippen molar-refractivity contribution >= 4 is 5.91 Å². The van der Waals surface area contributed by atoms with Gasteiger partial charge in [-0.15, -0.1) is 0 Å². The van der Waals surface area contributed by atoms with Crippen molar-refractivity contribution in [1.29, 1.82) is 0 Å². The van der Waals surface area contributed by atoms with Crippen LogP contribution >= 0.6 is 0 Å². The van der Waals surface area contributed by atoms with E-state index in [4.69, 9.17) is 5.11 Å². The van der Waals surface area contributed by atoms with E-state index in [2.05, 4.69) is 10.6 Å². The molecule has 3 N–H and O–H groups in total. The van der Waals surface area contributed by atoms with Gasteiger partial charge in [0.25, 0.3) is 0 Å². The summed E-state index contributed by atoms with van der Waals surface area (Å²) in [5.74, 6) is 0.0891. The van der Waals surface area contributed by atoms with Crippen LogP contribution in [0.15, 0.2) is 0 Å². The lowest BCUT2D eigenvalue weighted by molar-refractivity contribution is -0.123. The Morgan fingerprint density at radius 1 is 1.53 bits per heavy atom. The highest BCUT2D eigenvalue weighted by molar-refractivity contribution is 5.81. The Morgan fingerprint density at radius 3 is 2.67 bits per heavy atom. The second-order valence-electron chi connectivity index (χ2n) is 5.04. The summed E-state index contributed by atoms with van der Waals surface area (Å²) in [5.41, 5.74) is 0.0775. The smallest absolute Gasteiger partial charge is 0.237 e. The van der Waals surface area contributed by atoms with E-state index in [1.54, 1.807) is 0 Å². The van der Waals surface area contributed by atoms with Crippen LogP contribution in [0.2, 0.25) is 0 Å². The molecule has 2 saturated carbocycles. The predicted octanol–water partition coefficient (Wildman–Crippen LogP) is 0.0156. The fourth-order valence-corrected chi connectivity index (χ4v) is 1.58. The zero-order valence-electron chi connectivity index (χ0n) is 9.25. The maximum atomic E-state index is 11.6. The first kappa shape index (κ1) is 10.9. The Labute approximate surface area is 90.4 Å². The Bertz CT molecular complexity index is 247. The van der Waals surface area contributed by atoms with Crippen molar-refractivity contribution in [3.8, 4) is 0 Å². The van der Waals surface area contributed by atoms with Gasteiger partial charge in [0.1, 0.15) is 0 Å². The van der Waals surface area contributed by atoms with Crippen LogP contribution in [0.3, 0.4) is 0 Å². The van der Waals surface area contributed by atoms with Crippen LogP contribution < -0.4 is 10.6 Å². The minimum atomic E-state index is -0.144. The molecular weight excluding hydrogens is 192 g/mol. The molecule has 4 nitrogen and oxygen atoms in total. The molecule has 1 amide bonds. The Kier molecular flexibility index (Phi) is 2.98. The van der Waals surface area contributed by atoms with Crippen molar-refractivity contribution in [2.45, 2.75) is 44.7 Å². The number of carbonyl (C=O) groups excluding carboxylic acids is 1. The summed E-state index contributed by atoms with van der Waals surface area (Å²) in [6.07, 6.45) is 4.40. The molecule has 2 fully saturated rings. The molecule has 1 unspecified atom stereocenters. The zero-order chi connectivity index (χ0) is 10.9. The molecule has 0 aliphatic heterocycles. The number of aliphatic hydroxyl groups is 1. The number of aliphatic hydroxyl groups excluding tert-OH is 1. The van der Waals surface area contributed by atoms with Crippen LogP contribution in [0.5, 0.6) is 0 Å². The first-order valence-corrected chi connectivity index (χ1v) is 5.80. The van der Waals surface area contributed by atoms with Crippen molar-refractivity contribution in [3.63, 3.8) is 0 Å². The Morgan fingerprint density at radius 2 is 2.20 bits per heavy atom. The van der Waals surface area contributed by atoms with Crippen molar-refractivity contribution in [2.24, 2.45) is 5.41 Å². The van der Waals surface area contributed by atoms with Gasteiger partial charge in [-0.25, -0.2) is 0 Å². The van der Waals surface area contributed by atoms with Crippen LogP contribution in [0.25, 0.3) is 0 Å². The lowest BCUT2D eigenvalue weighted by atomic mass is 10.1. The summed E-state index contributed by atoms with van der Waals surface area (Å²) in [7, 11) is 0. The number of amides is 1. The third-order valence-electron chi connectivity index (χ3n) is 3.39. The second-order valence-corrected chi connectivity index (χ2v) is 5.04. The molecule has 0 bridgehead atoms. The molecule has 2 aliphatic rings. The highest BCUT2D eigenvalue weighted by Gasteiger charge is 2.42. The lowest BCUT2D eigenvalue weighted by Crippen LogP contribution is -2.45. The van der Waals surface area contributed by atoms with E-state index in [0.29, 0.717) is 6.04 Å². The number of hydrogen-bond acceptors (Lipinski definition) is 3. The Hall–Kier alpha value is -0.610. The molecule has 0 spiro atoms. The van der Waals surface area contributed by atoms with Gasteiger partial charge in [0, 0.05) is 24.6 Å². The third kappa shape index (κ3) is 2.92. The summed E-state index contributed by atoms with van der Waals surface area (Å²) >= 11 is 0. The van der Waals surface area contributed by atoms with Gasteiger partial charge in [0.05, 0.1) is 6.04 Å². The fourth-order valence-electron chi connectivity index (χ4n) is 1.58. The summed E-state index contributed by atoms with van der Waals surface area (Å²) < 4.78 is 0. The predicted molar refractivity (Wildman–Crippen MR) is 57.4 cm³/mol. The van der Waals surface area contributed by atoms with Gasteiger partial charge in [0.2, 0.25) is 5.91 Å². The number of carbonyl (C=O) groups is 1. The van der Waals surface area contributed by atoms with E-state index in [9.17, 15) is 4.79 Å². The van der Waals surface area contributed by atoms with Gasteiger partial charge < -0.3 is 15.7 Å². The van der Waals surface area contributed by atoms with E-state index in [0.717, 1.165) is 32.2 Å². The van der Waals surface area contributed by atoms with Crippen LogP contribution in [-0.4, -0.2) is 36.2 Å². The van der Waals surface area contributed by atoms with Gasteiger partial charge in [-0.2, -0.15) is 0 Å². The maximum absolute atomic E-state index is 11.6.